The lowest BCUT2D eigenvalue weighted by atomic mass is 10.0. The molecule has 1 fully saturated rings. The molecule has 2 aromatic rings. The molecule has 2 aromatic carbocycles. The van der Waals surface area contributed by atoms with Crippen LogP contribution in [0.1, 0.15) is 17.2 Å². The van der Waals surface area contributed by atoms with Crippen LogP contribution in [0.2, 0.25) is 5.02 Å². The number of hydrogen-bond donors (Lipinski definition) is 1. The van der Waals surface area contributed by atoms with Gasteiger partial charge in [-0.05, 0) is 42.0 Å². The highest BCUT2D eigenvalue weighted by molar-refractivity contribution is 6.30. The Morgan fingerprint density at radius 2 is 1.83 bits per heavy atom. The van der Waals surface area contributed by atoms with E-state index in [2.05, 4.69) is 5.32 Å². The van der Waals surface area contributed by atoms with Crippen molar-refractivity contribution in [2.45, 2.75) is 12.2 Å². The molecule has 2 amide bonds. The second-order valence-corrected chi connectivity index (χ2v) is 5.61. The third kappa shape index (κ3) is 3.12. The molecule has 1 aliphatic rings. The van der Waals surface area contributed by atoms with Crippen LogP contribution in [-0.4, -0.2) is 12.6 Å². The zero-order chi connectivity index (χ0) is 16.6. The molecule has 0 aromatic heterocycles. The summed E-state index contributed by atoms with van der Waals surface area (Å²) in [5.74, 6) is 0. The van der Waals surface area contributed by atoms with Crippen molar-refractivity contribution in [1.29, 1.82) is 0 Å². The van der Waals surface area contributed by atoms with Gasteiger partial charge in [0.15, 0.2) is 0 Å². The molecule has 0 aliphatic carbocycles. The molecule has 0 radical (unpaired) electrons. The van der Waals surface area contributed by atoms with Gasteiger partial charge in [0, 0.05) is 17.3 Å². The predicted octanol–water partition coefficient (Wildman–Crippen LogP) is 4.63. The van der Waals surface area contributed by atoms with Gasteiger partial charge in [0.25, 0.3) is 0 Å². The van der Waals surface area contributed by atoms with E-state index in [4.69, 9.17) is 11.6 Å². The summed E-state index contributed by atoms with van der Waals surface area (Å²) in [6.07, 6.45) is -4.42. The van der Waals surface area contributed by atoms with Gasteiger partial charge in [-0.2, -0.15) is 13.2 Å². The van der Waals surface area contributed by atoms with E-state index in [-0.39, 0.29) is 12.6 Å². The SMILES string of the molecule is O=C1NC[C@H](c2cccc(C(F)(F)F)c2)N1c1ccc(Cl)cc1. The molecule has 1 atom stereocenters. The van der Waals surface area contributed by atoms with Gasteiger partial charge < -0.3 is 5.32 Å². The first-order chi connectivity index (χ1) is 10.9. The molecule has 1 saturated heterocycles. The number of nitrogens with one attached hydrogen (secondary N) is 1. The van der Waals surface area contributed by atoms with Gasteiger partial charge in [-0.25, -0.2) is 4.79 Å². The van der Waals surface area contributed by atoms with Crippen molar-refractivity contribution >= 4 is 23.3 Å². The normalized spacial score (nSPS) is 18.2. The molecular formula is C16H12ClF3N2O. The summed E-state index contributed by atoms with van der Waals surface area (Å²) in [5.41, 5.74) is 0.269. The molecule has 3 nitrogen and oxygen atoms in total. The minimum absolute atomic E-state index is 0.239. The molecule has 0 saturated carbocycles. The first kappa shape index (κ1) is 15.7. The van der Waals surface area contributed by atoms with Gasteiger partial charge in [-0.15, -0.1) is 0 Å². The summed E-state index contributed by atoms with van der Waals surface area (Å²) < 4.78 is 38.7. The molecule has 0 unspecified atom stereocenters. The second kappa shape index (κ2) is 5.77. The number of alkyl halides is 3. The van der Waals surface area contributed by atoms with Crippen LogP contribution in [0, 0.1) is 0 Å². The highest BCUT2D eigenvalue weighted by Crippen LogP contribution is 2.35. The summed E-state index contributed by atoms with van der Waals surface area (Å²) in [6.45, 7) is 0.239. The molecule has 120 valence electrons. The summed E-state index contributed by atoms with van der Waals surface area (Å²) >= 11 is 5.84. The van der Waals surface area contributed by atoms with E-state index in [0.29, 0.717) is 16.3 Å². The molecule has 3 rings (SSSR count). The average Bonchev–Trinajstić information content (AvgIpc) is 2.89. The molecule has 1 N–H and O–H groups in total. The molecule has 0 bridgehead atoms. The number of benzene rings is 2. The third-order valence-corrected chi connectivity index (χ3v) is 3.93. The van der Waals surface area contributed by atoms with Crippen LogP contribution in [0.3, 0.4) is 0 Å². The van der Waals surface area contributed by atoms with Crippen LogP contribution in [-0.2, 0) is 6.18 Å². The van der Waals surface area contributed by atoms with Gasteiger partial charge >= 0.3 is 12.2 Å². The van der Waals surface area contributed by atoms with Crippen LogP contribution in [0.15, 0.2) is 48.5 Å². The van der Waals surface area contributed by atoms with E-state index in [9.17, 15) is 18.0 Å². The summed E-state index contributed by atoms with van der Waals surface area (Å²) in [5, 5.41) is 3.18. The lowest BCUT2D eigenvalue weighted by molar-refractivity contribution is -0.137. The van der Waals surface area contributed by atoms with Gasteiger partial charge in [0.05, 0.1) is 11.6 Å². The molecule has 1 heterocycles. The number of amides is 2. The predicted molar refractivity (Wildman–Crippen MR) is 81.5 cm³/mol. The van der Waals surface area contributed by atoms with Crippen molar-refractivity contribution in [3.05, 3.63) is 64.7 Å². The third-order valence-electron chi connectivity index (χ3n) is 3.68. The maximum Gasteiger partial charge on any atom is 0.416 e. The molecule has 7 heteroatoms. The minimum atomic E-state index is -4.42. The Hall–Kier alpha value is -2.21. The Balaban J connectivity index is 1.98. The highest BCUT2D eigenvalue weighted by atomic mass is 35.5. The first-order valence-corrected chi connectivity index (χ1v) is 7.24. The van der Waals surface area contributed by atoms with E-state index >= 15 is 0 Å². The van der Waals surface area contributed by atoms with Gasteiger partial charge in [0.2, 0.25) is 0 Å². The van der Waals surface area contributed by atoms with E-state index < -0.39 is 17.8 Å². The van der Waals surface area contributed by atoms with Crippen molar-refractivity contribution in [3.8, 4) is 0 Å². The number of anilines is 1. The Morgan fingerprint density at radius 3 is 2.48 bits per heavy atom. The summed E-state index contributed by atoms with van der Waals surface area (Å²) in [6, 6.07) is 10.7. The first-order valence-electron chi connectivity index (χ1n) is 6.86. The molecular weight excluding hydrogens is 329 g/mol. The lowest BCUT2D eigenvalue weighted by Gasteiger charge is -2.24. The van der Waals surface area contributed by atoms with Crippen LogP contribution in [0.25, 0.3) is 0 Å². The number of halogens is 4. The number of hydrogen-bond acceptors (Lipinski definition) is 1. The zero-order valence-corrected chi connectivity index (χ0v) is 12.5. The van der Waals surface area contributed by atoms with E-state index in [0.717, 1.165) is 12.1 Å². The van der Waals surface area contributed by atoms with Crippen LogP contribution in [0.4, 0.5) is 23.7 Å². The smallest absolute Gasteiger partial charge is 0.335 e. The fourth-order valence-corrected chi connectivity index (χ4v) is 2.72. The topological polar surface area (TPSA) is 32.3 Å². The highest BCUT2D eigenvalue weighted by Gasteiger charge is 2.35. The summed E-state index contributed by atoms with van der Waals surface area (Å²) in [4.78, 5) is 13.5. The maximum atomic E-state index is 12.9. The average molecular weight is 341 g/mol. The number of rotatable bonds is 2. The Bertz CT molecular complexity index is 731. The van der Waals surface area contributed by atoms with E-state index in [1.165, 1.54) is 11.0 Å². The zero-order valence-electron chi connectivity index (χ0n) is 11.8. The van der Waals surface area contributed by atoms with Crippen molar-refractivity contribution in [2.24, 2.45) is 0 Å². The van der Waals surface area contributed by atoms with Crippen LogP contribution in [0.5, 0.6) is 0 Å². The van der Waals surface area contributed by atoms with Gasteiger partial charge in [-0.1, -0.05) is 23.7 Å². The van der Waals surface area contributed by atoms with Gasteiger partial charge in [0.1, 0.15) is 0 Å². The molecule has 0 spiro atoms. The number of carbonyl (C=O) groups excluding carboxylic acids is 1. The maximum absolute atomic E-state index is 12.9. The Kier molecular flexibility index (Phi) is 3.93. The number of carbonyl (C=O) groups is 1. The molecule has 23 heavy (non-hydrogen) atoms. The Labute approximate surface area is 135 Å². The second-order valence-electron chi connectivity index (χ2n) is 5.17. The van der Waals surface area contributed by atoms with Crippen molar-refractivity contribution in [3.63, 3.8) is 0 Å². The summed E-state index contributed by atoms with van der Waals surface area (Å²) in [7, 11) is 0. The van der Waals surface area contributed by atoms with E-state index in [1.54, 1.807) is 30.3 Å². The van der Waals surface area contributed by atoms with Crippen molar-refractivity contribution in [2.75, 3.05) is 11.4 Å². The lowest BCUT2D eigenvalue weighted by Crippen LogP contribution is -2.29. The number of urea groups is 1. The van der Waals surface area contributed by atoms with Crippen LogP contribution < -0.4 is 10.2 Å². The van der Waals surface area contributed by atoms with Crippen molar-refractivity contribution < 1.29 is 18.0 Å². The van der Waals surface area contributed by atoms with Crippen LogP contribution >= 0.6 is 11.6 Å². The standard InChI is InChI=1S/C16H12ClF3N2O/c17-12-4-6-13(7-5-12)22-14(9-21-15(22)23)10-2-1-3-11(8-10)16(18,19)20/h1-8,14H,9H2,(H,21,23)/t14-/m1/s1. The largest absolute Gasteiger partial charge is 0.416 e. The minimum Gasteiger partial charge on any atom is -0.335 e. The Morgan fingerprint density at radius 1 is 1.13 bits per heavy atom. The fraction of sp³-hybridized carbons (Fsp3) is 0.188. The fourth-order valence-electron chi connectivity index (χ4n) is 2.59. The monoisotopic (exact) mass is 340 g/mol. The molecule has 1 aliphatic heterocycles. The quantitative estimate of drug-likeness (QED) is 0.849. The number of nitrogens with zero attached hydrogens (tertiary/aromatic N) is 1. The van der Waals surface area contributed by atoms with Gasteiger partial charge in [-0.3, -0.25) is 4.90 Å². The van der Waals surface area contributed by atoms with E-state index in [1.807, 2.05) is 0 Å². The van der Waals surface area contributed by atoms with Crippen molar-refractivity contribution in [1.82, 2.24) is 5.32 Å².